The van der Waals surface area contributed by atoms with Crippen molar-refractivity contribution >= 4 is 17.3 Å². The van der Waals surface area contributed by atoms with Gasteiger partial charge in [0.25, 0.3) is 0 Å². The van der Waals surface area contributed by atoms with Crippen LogP contribution in [0.25, 0.3) is 0 Å². The van der Waals surface area contributed by atoms with Gasteiger partial charge in [-0.3, -0.25) is 10.2 Å². The summed E-state index contributed by atoms with van der Waals surface area (Å²) in [7, 11) is 0. The highest BCUT2D eigenvalue weighted by molar-refractivity contribution is 6.06. The Morgan fingerprint density at radius 2 is 1.83 bits per heavy atom. The lowest BCUT2D eigenvalue weighted by Gasteiger charge is -2.35. The van der Waals surface area contributed by atoms with Gasteiger partial charge < -0.3 is 24.0 Å². The molecule has 2 aromatic carbocycles. The van der Waals surface area contributed by atoms with E-state index in [1.807, 2.05) is 19.1 Å². The highest BCUT2D eigenvalue weighted by Gasteiger charge is 2.34. The average Bonchev–Trinajstić information content (AvgIpc) is 3.14. The van der Waals surface area contributed by atoms with Crippen molar-refractivity contribution in [1.29, 1.82) is 5.41 Å². The zero-order valence-electron chi connectivity index (χ0n) is 22.1. The van der Waals surface area contributed by atoms with Gasteiger partial charge in [-0.05, 0) is 49.9 Å². The lowest BCUT2D eigenvalue weighted by molar-refractivity contribution is 0.0962. The molecule has 0 saturated heterocycles. The largest absolute Gasteiger partial charge is 0.490 e. The zero-order valence-corrected chi connectivity index (χ0v) is 22.1. The van der Waals surface area contributed by atoms with Crippen molar-refractivity contribution in [2.75, 3.05) is 44.4 Å². The van der Waals surface area contributed by atoms with Gasteiger partial charge in [0.05, 0.1) is 37.6 Å². The van der Waals surface area contributed by atoms with E-state index in [9.17, 15) is 4.79 Å². The second-order valence-corrected chi connectivity index (χ2v) is 10.1. The van der Waals surface area contributed by atoms with Crippen LogP contribution in [0.2, 0.25) is 0 Å². The molecule has 0 radical (unpaired) electrons. The van der Waals surface area contributed by atoms with Gasteiger partial charge in [-0.2, -0.15) is 0 Å². The highest BCUT2D eigenvalue weighted by atomic mass is 19.1. The number of amidine groups is 1. The third-order valence-corrected chi connectivity index (χ3v) is 6.64. The predicted molar refractivity (Wildman–Crippen MR) is 139 cm³/mol. The molecule has 0 unspecified atom stereocenters. The van der Waals surface area contributed by atoms with E-state index >= 15 is 4.39 Å². The second kappa shape index (κ2) is 9.99. The fourth-order valence-corrected chi connectivity index (χ4v) is 4.85. The number of hydrogen-bond acceptors (Lipinski definition) is 6. The van der Waals surface area contributed by atoms with Gasteiger partial charge in [0.2, 0.25) is 0 Å². The Morgan fingerprint density at radius 3 is 2.47 bits per heavy atom. The third kappa shape index (κ3) is 4.61. The maximum Gasteiger partial charge on any atom is 0.197 e. The summed E-state index contributed by atoms with van der Waals surface area (Å²) in [4.78, 5) is 17.4. The van der Waals surface area contributed by atoms with Gasteiger partial charge in [0.1, 0.15) is 18.2 Å². The number of nitrogens with one attached hydrogen (secondary N) is 1. The van der Waals surface area contributed by atoms with Crippen LogP contribution in [0.3, 0.4) is 0 Å². The summed E-state index contributed by atoms with van der Waals surface area (Å²) in [6.45, 7) is 15.0. The molecule has 8 heteroatoms. The SMILES string of the molecule is CCOc1cc2c(c(F)c1OCC)C(=N)N(CC(=O)c1cc3c(c(C(C)(C)C)c1)OCCN3CC)C2. The minimum absolute atomic E-state index is 0.0141. The molecule has 0 saturated carbocycles. The number of hydrogen-bond donors (Lipinski definition) is 1. The number of ketones is 1. The van der Waals surface area contributed by atoms with E-state index in [1.54, 1.807) is 17.9 Å². The molecule has 2 heterocycles. The number of anilines is 1. The van der Waals surface area contributed by atoms with Crippen molar-refractivity contribution in [3.05, 3.63) is 46.3 Å². The number of benzene rings is 2. The first-order valence-corrected chi connectivity index (χ1v) is 12.6. The van der Waals surface area contributed by atoms with Crippen LogP contribution < -0.4 is 19.1 Å². The normalized spacial score (nSPS) is 14.9. The summed E-state index contributed by atoms with van der Waals surface area (Å²) in [5.74, 6) is 0.408. The Morgan fingerprint density at radius 1 is 1.11 bits per heavy atom. The highest BCUT2D eigenvalue weighted by Crippen LogP contribution is 2.42. The Bertz CT molecular complexity index is 1190. The summed E-state index contributed by atoms with van der Waals surface area (Å²) in [6.07, 6.45) is 0. The quantitative estimate of drug-likeness (QED) is 0.508. The first-order valence-electron chi connectivity index (χ1n) is 12.6. The second-order valence-electron chi connectivity index (χ2n) is 10.1. The molecule has 0 aromatic heterocycles. The molecule has 0 fully saturated rings. The molecule has 0 aliphatic carbocycles. The predicted octanol–water partition coefficient (Wildman–Crippen LogP) is 5.16. The number of likely N-dealkylation sites (N-methyl/N-ethyl adjacent to an activating group) is 1. The number of ether oxygens (including phenoxy) is 3. The molecule has 0 amide bonds. The fraction of sp³-hybridized carbons (Fsp3) is 0.500. The Balaban J connectivity index is 1.66. The molecule has 0 bridgehead atoms. The van der Waals surface area contributed by atoms with Crippen LogP contribution in [-0.2, 0) is 12.0 Å². The number of carbonyl (C=O) groups excluding carboxylic acids is 1. The van der Waals surface area contributed by atoms with E-state index in [2.05, 4.69) is 32.6 Å². The molecular weight excluding hydrogens is 461 g/mol. The molecule has 2 aliphatic heterocycles. The van der Waals surface area contributed by atoms with Gasteiger partial charge in [-0.1, -0.05) is 20.8 Å². The van der Waals surface area contributed by atoms with Gasteiger partial charge in [0.15, 0.2) is 23.1 Å². The van der Waals surface area contributed by atoms with Crippen molar-refractivity contribution < 1.29 is 23.4 Å². The van der Waals surface area contributed by atoms with Gasteiger partial charge >= 0.3 is 0 Å². The molecular formula is C28H36FN3O4. The molecule has 36 heavy (non-hydrogen) atoms. The molecule has 0 spiro atoms. The standard InChI is InChI=1S/C28H36FN3O4/c1-7-31-10-11-36-25-19(28(4,5)6)12-17(13-20(25)31)21(33)16-32-15-18-14-22(34-8-2)26(35-9-3)24(29)23(18)27(32)30/h12-14,30H,7-11,15-16H2,1-6H3. The van der Waals surface area contributed by atoms with E-state index in [-0.39, 0.29) is 48.0 Å². The molecule has 194 valence electrons. The van der Waals surface area contributed by atoms with E-state index < -0.39 is 5.82 Å². The van der Waals surface area contributed by atoms with Gasteiger partial charge in [-0.15, -0.1) is 0 Å². The van der Waals surface area contributed by atoms with Gasteiger partial charge in [0, 0.05) is 24.2 Å². The van der Waals surface area contributed by atoms with Crippen molar-refractivity contribution in [2.45, 2.75) is 53.5 Å². The third-order valence-electron chi connectivity index (χ3n) is 6.64. The Hall–Kier alpha value is -3.29. The lowest BCUT2D eigenvalue weighted by Crippen LogP contribution is -2.35. The number of Topliss-reactive ketones (excluding diaryl/α,β-unsaturated/α-hetero) is 1. The first kappa shape index (κ1) is 25.8. The molecule has 0 atom stereocenters. The first-order chi connectivity index (χ1) is 17.1. The van der Waals surface area contributed by atoms with E-state index in [1.165, 1.54) is 0 Å². The van der Waals surface area contributed by atoms with Crippen LogP contribution in [0, 0.1) is 11.2 Å². The summed E-state index contributed by atoms with van der Waals surface area (Å²) in [6, 6.07) is 5.52. The smallest absolute Gasteiger partial charge is 0.197 e. The summed E-state index contributed by atoms with van der Waals surface area (Å²) >= 11 is 0. The molecule has 2 aliphatic rings. The molecule has 4 rings (SSSR count). The summed E-state index contributed by atoms with van der Waals surface area (Å²) in [5, 5.41) is 8.65. The van der Waals surface area contributed by atoms with Crippen LogP contribution in [0.1, 0.15) is 68.6 Å². The molecule has 2 aromatic rings. The van der Waals surface area contributed by atoms with E-state index in [0.29, 0.717) is 30.1 Å². The maximum absolute atomic E-state index is 15.4. The monoisotopic (exact) mass is 497 g/mol. The van der Waals surface area contributed by atoms with Crippen LogP contribution in [0.4, 0.5) is 10.1 Å². The Labute approximate surface area is 212 Å². The number of fused-ring (bicyclic) bond motifs is 2. The number of halogens is 1. The fourth-order valence-electron chi connectivity index (χ4n) is 4.85. The number of carbonyl (C=O) groups is 1. The Kier molecular flexibility index (Phi) is 7.16. The minimum Gasteiger partial charge on any atom is -0.490 e. The van der Waals surface area contributed by atoms with Gasteiger partial charge in [-0.25, -0.2) is 4.39 Å². The molecule has 1 N–H and O–H groups in total. The van der Waals surface area contributed by atoms with Crippen molar-refractivity contribution in [2.24, 2.45) is 0 Å². The number of nitrogens with zero attached hydrogens (tertiary/aromatic N) is 2. The summed E-state index contributed by atoms with van der Waals surface area (Å²) < 4.78 is 32.6. The van der Waals surface area contributed by atoms with Crippen molar-refractivity contribution in [3.63, 3.8) is 0 Å². The van der Waals surface area contributed by atoms with Crippen LogP contribution in [0.15, 0.2) is 18.2 Å². The molecule has 7 nitrogen and oxygen atoms in total. The topological polar surface area (TPSA) is 75.1 Å². The number of rotatable bonds is 8. The lowest BCUT2D eigenvalue weighted by atomic mass is 9.84. The van der Waals surface area contributed by atoms with E-state index in [0.717, 1.165) is 30.1 Å². The van der Waals surface area contributed by atoms with Crippen LogP contribution in [0.5, 0.6) is 17.2 Å². The average molecular weight is 498 g/mol. The van der Waals surface area contributed by atoms with E-state index in [4.69, 9.17) is 19.6 Å². The van der Waals surface area contributed by atoms with Crippen molar-refractivity contribution in [3.8, 4) is 17.2 Å². The summed E-state index contributed by atoms with van der Waals surface area (Å²) in [5.41, 5.74) is 3.03. The van der Waals surface area contributed by atoms with Crippen LogP contribution >= 0.6 is 0 Å². The van der Waals surface area contributed by atoms with Crippen molar-refractivity contribution in [1.82, 2.24) is 4.90 Å². The van der Waals surface area contributed by atoms with Crippen LogP contribution in [-0.4, -0.2) is 56.0 Å². The maximum atomic E-state index is 15.4. The minimum atomic E-state index is -0.614. The zero-order chi connectivity index (χ0) is 26.2.